The van der Waals surface area contributed by atoms with Gasteiger partial charge >= 0.3 is 12.0 Å². The molecule has 0 amide bonds. The van der Waals surface area contributed by atoms with Gasteiger partial charge in [-0.15, -0.1) is 4.98 Å². The van der Waals surface area contributed by atoms with E-state index in [0.717, 1.165) is 5.56 Å². The van der Waals surface area contributed by atoms with Gasteiger partial charge in [-0.1, -0.05) is 139 Å². The lowest BCUT2D eigenvalue weighted by molar-refractivity contribution is 0.392. The lowest BCUT2D eigenvalue weighted by Gasteiger charge is -2.34. The molecule has 7 aromatic rings. The van der Waals surface area contributed by atoms with Crippen LogP contribution < -0.4 is 30.7 Å². The minimum absolute atomic E-state index is 0.0343. The number of phenols is 1. The Morgan fingerprint density at radius 2 is 0.804 bits per heavy atom. The molecule has 0 unspecified atom stereocenters. The smallest absolute Gasteiger partial charge is 0.328 e. The maximum atomic E-state index is 16.5. The number of ether oxygens (including phenoxy) is 2. The summed E-state index contributed by atoms with van der Waals surface area (Å²) in [5.74, 6) is 0.799. The van der Waals surface area contributed by atoms with Gasteiger partial charge in [-0.05, 0) is 43.3 Å². The summed E-state index contributed by atoms with van der Waals surface area (Å²) in [4.78, 5) is 14.1. The Hall–Kier alpha value is -5.81. The number of phenolic OH excluding ortho intramolecular Hbond substituents is 1. The quantitative estimate of drug-likeness (QED) is 0.133. The fraction of sp³-hybridized carbons (Fsp3) is 0.0488. The second kappa shape index (κ2) is 14.6. The lowest BCUT2D eigenvalue weighted by atomic mass is 10.2. The maximum Gasteiger partial charge on any atom is 0.328 e. The molecule has 0 fully saturated rings. The topological polar surface area (TPSA) is 111 Å². The number of nitrogens with zero attached hydrogens (tertiary/aromatic N) is 3. The Bertz CT molecular complexity index is 2080. The van der Waals surface area contributed by atoms with Crippen LogP contribution in [0.2, 0.25) is 0 Å². The standard InChI is InChI=1S/C41H33N3O5P2/c1-30-22-26-32(27-23-30)48-40-42-38(43-41(44-40)49-33-28-24-31(45)25-29-33)39(50(46,34-14-6-2-7-15-34)35-16-8-3-9-17-35)51(47,36-18-10-4-11-19-36)37-20-12-5-13-21-37/h2-29,39,45H,1H3. The van der Waals surface area contributed by atoms with Crippen LogP contribution in [0.15, 0.2) is 170 Å². The van der Waals surface area contributed by atoms with Crippen molar-refractivity contribution in [2.45, 2.75) is 12.3 Å². The third kappa shape index (κ3) is 6.98. The number of hydrogen-bond acceptors (Lipinski definition) is 8. The summed E-state index contributed by atoms with van der Waals surface area (Å²) in [5.41, 5.74) is 1.04. The normalized spacial score (nSPS) is 11.6. The zero-order chi connectivity index (χ0) is 35.3. The van der Waals surface area contributed by atoms with Crippen LogP contribution in [0.25, 0.3) is 0 Å². The zero-order valence-corrected chi connectivity index (χ0v) is 29.3. The first-order valence-corrected chi connectivity index (χ1v) is 19.8. The molecule has 1 aromatic heterocycles. The van der Waals surface area contributed by atoms with Crippen molar-refractivity contribution in [3.8, 4) is 29.3 Å². The number of aryl methyl sites for hydroxylation is 1. The van der Waals surface area contributed by atoms with Crippen LogP contribution in [0.1, 0.15) is 16.8 Å². The SMILES string of the molecule is Cc1ccc(Oc2nc(Oc3ccc(O)cc3)nc(C(P(=O)(c3ccccc3)c3ccccc3)P(=O)(c3ccccc3)c3ccccc3)n2)cc1. The number of aromatic hydroxyl groups is 1. The van der Waals surface area contributed by atoms with Crippen molar-refractivity contribution in [1.29, 1.82) is 0 Å². The van der Waals surface area contributed by atoms with Crippen LogP contribution in [0.5, 0.6) is 29.3 Å². The van der Waals surface area contributed by atoms with Gasteiger partial charge in [0.15, 0.2) is 20.1 Å². The molecule has 0 saturated carbocycles. The average Bonchev–Trinajstić information content (AvgIpc) is 3.18. The second-order valence-electron chi connectivity index (χ2n) is 11.8. The van der Waals surface area contributed by atoms with Crippen molar-refractivity contribution in [3.05, 3.63) is 181 Å². The van der Waals surface area contributed by atoms with Crippen LogP contribution in [0, 0.1) is 6.92 Å². The van der Waals surface area contributed by atoms with E-state index in [1.807, 2.05) is 91.9 Å². The third-order valence-corrected chi connectivity index (χ3v) is 16.4. The summed E-state index contributed by atoms with van der Waals surface area (Å²) >= 11 is 0. The molecule has 1 N–H and O–H groups in total. The number of aromatic nitrogens is 3. The highest BCUT2D eigenvalue weighted by atomic mass is 31.2. The number of benzene rings is 6. The highest BCUT2D eigenvalue weighted by Gasteiger charge is 2.52. The minimum Gasteiger partial charge on any atom is -0.508 e. The summed E-state index contributed by atoms with van der Waals surface area (Å²) in [6.07, 6.45) is 0. The van der Waals surface area contributed by atoms with Gasteiger partial charge in [0.1, 0.15) is 22.6 Å². The summed E-state index contributed by atoms with van der Waals surface area (Å²) in [7, 11) is -7.97. The molecule has 10 heteroatoms. The van der Waals surface area contributed by atoms with Gasteiger partial charge in [-0.2, -0.15) is 9.97 Å². The summed E-state index contributed by atoms with van der Waals surface area (Å²) in [6.45, 7) is 1.97. The maximum absolute atomic E-state index is 16.5. The summed E-state index contributed by atoms with van der Waals surface area (Å²) < 4.78 is 45.4. The van der Waals surface area contributed by atoms with E-state index in [4.69, 9.17) is 19.4 Å². The van der Waals surface area contributed by atoms with Gasteiger partial charge in [-0.3, -0.25) is 0 Å². The molecule has 6 aromatic carbocycles. The van der Waals surface area contributed by atoms with E-state index in [1.165, 1.54) is 12.1 Å². The molecular weight excluding hydrogens is 676 g/mol. The molecule has 7 rings (SSSR count). The molecule has 0 aliphatic heterocycles. The van der Waals surface area contributed by atoms with Gasteiger partial charge in [-0.25, -0.2) is 0 Å². The second-order valence-corrected chi connectivity index (χ2v) is 17.9. The largest absolute Gasteiger partial charge is 0.508 e. The Morgan fingerprint density at radius 1 is 0.471 bits per heavy atom. The molecule has 252 valence electrons. The van der Waals surface area contributed by atoms with E-state index in [-0.39, 0.29) is 23.6 Å². The van der Waals surface area contributed by atoms with Crippen molar-refractivity contribution >= 4 is 35.5 Å². The van der Waals surface area contributed by atoms with E-state index >= 15 is 9.13 Å². The van der Waals surface area contributed by atoms with E-state index in [2.05, 4.69) is 4.98 Å². The molecule has 0 radical (unpaired) electrons. The van der Waals surface area contributed by atoms with Crippen molar-refractivity contribution < 1.29 is 23.7 Å². The predicted molar refractivity (Wildman–Crippen MR) is 202 cm³/mol. The van der Waals surface area contributed by atoms with E-state index < -0.39 is 19.7 Å². The first-order chi connectivity index (χ1) is 24.8. The van der Waals surface area contributed by atoms with E-state index in [1.54, 1.807) is 72.8 Å². The van der Waals surface area contributed by atoms with Gasteiger partial charge in [0.05, 0.1) is 0 Å². The summed E-state index contributed by atoms with van der Waals surface area (Å²) in [5, 5.41) is 10.5. The van der Waals surface area contributed by atoms with Crippen LogP contribution in [-0.4, -0.2) is 20.1 Å². The number of rotatable bonds is 11. The molecule has 0 aliphatic carbocycles. The third-order valence-electron chi connectivity index (χ3n) is 8.37. The van der Waals surface area contributed by atoms with Gasteiger partial charge in [0.25, 0.3) is 0 Å². The molecule has 1 heterocycles. The van der Waals surface area contributed by atoms with Gasteiger partial charge < -0.3 is 23.7 Å². The highest BCUT2D eigenvalue weighted by molar-refractivity contribution is 7.94. The molecule has 0 spiro atoms. The van der Waals surface area contributed by atoms with E-state index in [0.29, 0.717) is 32.7 Å². The molecule has 0 bridgehead atoms. The van der Waals surface area contributed by atoms with Crippen LogP contribution >= 0.6 is 14.3 Å². The first-order valence-electron chi connectivity index (χ1n) is 16.2. The fourth-order valence-corrected chi connectivity index (χ4v) is 14.4. The Kier molecular flexibility index (Phi) is 9.63. The van der Waals surface area contributed by atoms with Gasteiger partial charge in [0.2, 0.25) is 0 Å². The van der Waals surface area contributed by atoms with E-state index in [9.17, 15) is 5.11 Å². The average molecular weight is 710 g/mol. The molecule has 8 nitrogen and oxygen atoms in total. The van der Waals surface area contributed by atoms with Crippen molar-refractivity contribution in [1.82, 2.24) is 15.0 Å². The molecule has 0 aliphatic rings. The van der Waals surface area contributed by atoms with Crippen molar-refractivity contribution in [2.24, 2.45) is 0 Å². The first kappa shape index (κ1) is 33.7. The van der Waals surface area contributed by atoms with Crippen molar-refractivity contribution in [3.63, 3.8) is 0 Å². The molecular formula is C41H33N3O5P2. The van der Waals surface area contributed by atoms with Gasteiger partial charge in [0, 0.05) is 21.2 Å². The lowest BCUT2D eigenvalue weighted by Crippen LogP contribution is -2.29. The number of hydrogen-bond donors (Lipinski definition) is 1. The highest BCUT2D eigenvalue weighted by Crippen LogP contribution is 2.74. The van der Waals surface area contributed by atoms with Crippen LogP contribution in [-0.2, 0) is 9.13 Å². The summed E-state index contributed by atoms with van der Waals surface area (Å²) in [6, 6.07) is 49.4. The Labute approximate surface area is 296 Å². The van der Waals surface area contributed by atoms with Crippen molar-refractivity contribution in [2.75, 3.05) is 0 Å². The molecule has 0 atom stereocenters. The molecule has 0 saturated heterocycles. The van der Waals surface area contributed by atoms with Crippen LogP contribution in [0.4, 0.5) is 0 Å². The monoisotopic (exact) mass is 709 g/mol. The zero-order valence-electron chi connectivity index (χ0n) is 27.6. The predicted octanol–water partition coefficient (Wildman–Crippen LogP) is 8.50. The minimum atomic E-state index is -3.99. The Balaban J connectivity index is 1.56. The van der Waals surface area contributed by atoms with Crippen LogP contribution in [0.3, 0.4) is 0 Å². The Morgan fingerprint density at radius 3 is 1.16 bits per heavy atom. The molecule has 51 heavy (non-hydrogen) atoms. The fourth-order valence-electron chi connectivity index (χ4n) is 5.91.